The molecule has 124 valence electrons. The summed E-state index contributed by atoms with van der Waals surface area (Å²) in [6.45, 7) is 7.29. The lowest BCUT2D eigenvalue weighted by Gasteiger charge is -2.47. The van der Waals surface area contributed by atoms with Crippen LogP contribution in [0.1, 0.15) is 78.6 Å². The van der Waals surface area contributed by atoms with Crippen molar-refractivity contribution in [1.29, 1.82) is 0 Å². The van der Waals surface area contributed by atoms with E-state index in [0.29, 0.717) is 11.5 Å². The second kappa shape index (κ2) is 7.46. The normalized spacial score (nSPS) is 33.1. The van der Waals surface area contributed by atoms with E-state index in [-0.39, 0.29) is 0 Å². The van der Waals surface area contributed by atoms with Gasteiger partial charge in [-0.15, -0.1) is 0 Å². The molecule has 0 aromatic heterocycles. The Balaban J connectivity index is 2.04. The fourth-order valence-electron chi connectivity index (χ4n) is 4.66. The number of nitrogens with one attached hydrogen (secondary N) is 1. The van der Waals surface area contributed by atoms with Gasteiger partial charge < -0.3 is 5.32 Å². The van der Waals surface area contributed by atoms with E-state index in [0.717, 1.165) is 18.0 Å². The smallest absolute Gasteiger partial charge is 0.0251 e. The first-order chi connectivity index (χ1) is 9.93. The summed E-state index contributed by atoms with van der Waals surface area (Å²) in [4.78, 5) is 2.77. The number of nitrogens with zero attached hydrogens (tertiary/aromatic N) is 1. The van der Waals surface area contributed by atoms with Gasteiger partial charge in [-0.3, -0.25) is 4.90 Å². The maximum Gasteiger partial charge on any atom is 0.0251 e. The van der Waals surface area contributed by atoms with Gasteiger partial charge in [0.1, 0.15) is 0 Å². The molecular formula is C19H38N2. The van der Waals surface area contributed by atoms with Crippen LogP contribution in [0.15, 0.2) is 0 Å². The Bertz CT molecular complexity index is 299. The molecule has 3 atom stereocenters. The highest BCUT2D eigenvalue weighted by Gasteiger charge is 2.38. The van der Waals surface area contributed by atoms with Crippen molar-refractivity contribution in [3.8, 4) is 0 Å². The van der Waals surface area contributed by atoms with Gasteiger partial charge in [0.25, 0.3) is 0 Å². The van der Waals surface area contributed by atoms with Gasteiger partial charge in [0.15, 0.2) is 0 Å². The first-order valence-corrected chi connectivity index (χ1v) is 9.32. The minimum absolute atomic E-state index is 0.460. The van der Waals surface area contributed by atoms with E-state index >= 15 is 0 Å². The van der Waals surface area contributed by atoms with Crippen LogP contribution in [0.5, 0.6) is 0 Å². The van der Waals surface area contributed by atoms with Gasteiger partial charge in [-0.05, 0) is 57.5 Å². The molecule has 21 heavy (non-hydrogen) atoms. The van der Waals surface area contributed by atoms with Crippen LogP contribution in [0.2, 0.25) is 0 Å². The topological polar surface area (TPSA) is 15.3 Å². The molecule has 2 nitrogen and oxygen atoms in total. The quantitative estimate of drug-likeness (QED) is 0.774. The second-order valence-corrected chi connectivity index (χ2v) is 8.65. The lowest BCUT2D eigenvalue weighted by atomic mass is 9.69. The van der Waals surface area contributed by atoms with Gasteiger partial charge in [-0.1, -0.05) is 46.5 Å². The standard InChI is InChI=1S/C19H38N2/c1-19(2,3)15-12-13-17(20-4)18(14-15)21(5)16-10-8-6-7-9-11-16/h15-18,20H,6-14H2,1-5H3. The van der Waals surface area contributed by atoms with Crippen molar-refractivity contribution in [2.75, 3.05) is 14.1 Å². The van der Waals surface area contributed by atoms with E-state index in [1.54, 1.807) is 0 Å². The van der Waals surface area contributed by atoms with Crippen molar-refractivity contribution >= 4 is 0 Å². The molecule has 2 aliphatic rings. The van der Waals surface area contributed by atoms with E-state index < -0.39 is 0 Å². The van der Waals surface area contributed by atoms with Crippen molar-refractivity contribution < 1.29 is 0 Å². The second-order valence-electron chi connectivity index (χ2n) is 8.65. The van der Waals surface area contributed by atoms with E-state index in [1.165, 1.54) is 57.8 Å². The summed E-state index contributed by atoms with van der Waals surface area (Å²) in [5.41, 5.74) is 0.460. The summed E-state index contributed by atoms with van der Waals surface area (Å²) < 4.78 is 0. The largest absolute Gasteiger partial charge is 0.315 e. The Morgan fingerprint density at radius 3 is 2.05 bits per heavy atom. The average Bonchev–Trinajstić information content (AvgIpc) is 2.74. The predicted molar refractivity (Wildman–Crippen MR) is 92.7 cm³/mol. The van der Waals surface area contributed by atoms with Crippen molar-refractivity contribution in [2.24, 2.45) is 11.3 Å². The van der Waals surface area contributed by atoms with Gasteiger partial charge in [-0.2, -0.15) is 0 Å². The third-order valence-corrected chi connectivity index (χ3v) is 6.34. The van der Waals surface area contributed by atoms with Gasteiger partial charge in [0, 0.05) is 18.1 Å². The van der Waals surface area contributed by atoms with E-state index in [2.05, 4.69) is 45.1 Å². The molecule has 2 aliphatic carbocycles. The Hall–Kier alpha value is -0.0800. The highest BCUT2D eigenvalue weighted by atomic mass is 15.2. The van der Waals surface area contributed by atoms with Crippen LogP contribution in [0, 0.1) is 11.3 Å². The molecule has 0 heterocycles. The first-order valence-electron chi connectivity index (χ1n) is 9.32. The zero-order valence-electron chi connectivity index (χ0n) is 15.1. The summed E-state index contributed by atoms with van der Waals surface area (Å²) in [5.74, 6) is 0.875. The van der Waals surface area contributed by atoms with Crippen LogP contribution < -0.4 is 5.32 Å². The number of hydrogen-bond donors (Lipinski definition) is 1. The molecule has 2 fully saturated rings. The first kappa shape index (κ1) is 17.3. The predicted octanol–water partition coefficient (Wildman–Crippen LogP) is 4.44. The van der Waals surface area contributed by atoms with E-state index in [1.807, 2.05) is 0 Å². The molecule has 2 heteroatoms. The Morgan fingerprint density at radius 1 is 0.905 bits per heavy atom. The van der Waals surface area contributed by atoms with Crippen molar-refractivity contribution in [1.82, 2.24) is 10.2 Å². The Labute approximate surface area is 133 Å². The maximum atomic E-state index is 3.62. The minimum atomic E-state index is 0.460. The third kappa shape index (κ3) is 4.45. The summed E-state index contributed by atoms with van der Waals surface area (Å²) in [6.07, 6.45) is 12.7. The fourth-order valence-corrected chi connectivity index (χ4v) is 4.66. The van der Waals surface area contributed by atoms with Crippen LogP contribution in [0.3, 0.4) is 0 Å². The van der Waals surface area contributed by atoms with Crippen LogP contribution in [0.4, 0.5) is 0 Å². The highest BCUT2D eigenvalue weighted by Crippen LogP contribution is 2.40. The molecule has 0 bridgehead atoms. The van der Waals surface area contributed by atoms with Gasteiger partial charge in [-0.25, -0.2) is 0 Å². The highest BCUT2D eigenvalue weighted by molar-refractivity contribution is 4.94. The SMILES string of the molecule is CNC1CCC(C(C)(C)C)CC1N(C)C1CCCCCC1. The zero-order valence-corrected chi connectivity index (χ0v) is 15.1. The number of rotatable bonds is 3. The fraction of sp³-hybridized carbons (Fsp3) is 1.00. The van der Waals surface area contributed by atoms with E-state index in [4.69, 9.17) is 0 Å². The molecule has 2 rings (SSSR count). The van der Waals surface area contributed by atoms with Crippen molar-refractivity contribution in [3.63, 3.8) is 0 Å². The molecule has 1 N–H and O–H groups in total. The molecule has 0 radical (unpaired) electrons. The maximum absolute atomic E-state index is 3.62. The Kier molecular flexibility index (Phi) is 6.14. The summed E-state index contributed by atoms with van der Waals surface area (Å²) in [5, 5.41) is 3.62. The third-order valence-electron chi connectivity index (χ3n) is 6.34. The van der Waals surface area contributed by atoms with Gasteiger partial charge >= 0.3 is 0 Å². The molecular weight excluding hydrogens is 256 g/mol. The summed E-state index contributed by atoms with van der Waals surface area (Å²) in [7, 11) is 4.58. The molecule has 0 aliphatic heterocycles. The molecule has 0 saturated heterocycles. The lowest BCUT2D eigenvalue weighted by Crippen LogP contribution is -2.55. The zero-order chi connectivity index (χ0) is 15.5. The van der Waals surface area contributed by atoms with Crippen molar-refractivity contribution in [3.05, 3.63) is 0 Å². The molecule has 0 amide bonds. The molecule has 0 aromatic carbocycles. The molecule has 0 aromatic rings. The van der Waals surface area contributed by atoms with Crippen LogP contribution >= 0.6 is 0 Å². The van der Waals surface area contributed by atoms with Crippen molar-refractivity contribution in [2.45, 2.75) is 96.7 Å². The molecule has 3 unspecified atom stereocenters. The monoisotopic (exact) mass is 294 g/mol. The Morgan fingerprint density at radius 2 is 1.52 bits per heavy atom. The number of hydrogen-bond acceptors (Lipinski definition) is 2. The van der Waals surface area contributed by atoms with Crippen LogP contribution in [0.25, 0.3) is 0 Å². The van der Waals surface area contributed by atoms with Gasteiger partial charge in [0.2, 0.25) is 0 Å². The van der Waals surface area contributed by atoms with Gasteiger partial charge in [0.05, 0.1) is 0 Å². The van der Waals surface area contributed by atoms with Crippen LogP contribution in [-0.2, 0) is 0 Å². The molecule has 0 spiro atoms. The minimum Gasteiger partial charge on any atom is -0.315 e. The van der Waals surface area contributed by atoms with Crippen LogP contribution in [-0.4, -0.2) is 37.1 Å². The van der Waals surface area contributed by atoms with E-state index in [9.17, 15) is 0 Å². The summed E-state index contributed by atoms with van der Waals surface area (Å²) >= 11 is 0. The summed E-state index contributed by atoms with van der Waals surface area (Å²) in [6, 6.07) is 2.25. The number of likely N-dealkylation sites (N-methyl/N-ethyl adjacent to an activating group) is 2. The average molecular weight is 295 g/mol. The molecule has 2 saturated carbocycles. The lowest BCUT2D eigenvalue weighted by molar-refractivity contribution is 0.0473.